The highest BCUT2D eigenvalue weighted by molar-refractivity contribution is 5.96. The van der Waals surface area contributed by atoms with Gasteiger partial charge in [0.05, 0.1) is 6.54 Å². The predicted molar refractivity (Wildman–Crippen MR) is 177 cm³/mol. The number of nitrogens with one attached hydrogen (secondary N) is 2. The third-order valence-electron chi connectivity index (χ3n) is 9.78. The minimum absolute atomic E-state index is 0.00133. The fourth-order valence-corrected chi connectivity index (χ4v) is 7.16. The van der Waals surface area contributed by atoms with Gasteiger partial charge in [-0.1, -0.05) is 69.0 Å². The summed E-state index contributed by atoms with van der Waals surface area (Å²) in [6, 6.07) is 5.88. The Morgan fingerprint density at radius 3 is 2.52 bits per heavy atom. The molecule has 0 aromatic heterocycles. The number of carbonyl (C=O) groups is 5. The van der Waals surface area contributed by atoms with Gasteiger partial charge in [-0.2, -0.15) is 0 Å². The Labute approximate surface area is 282 Å². The maximum absolute atomic E-state index is 14.2. The molecular weight excluding hydrogens is 616 g/mol. The van der Waals surface area contributed by atoms with E-state index >= 15 is 0 Å². The van der Waals surface area contributed by atoms with Crippen LogP contribution in [0, 0.1) is 5.92 Å². The zero-order chi connectivity index (χ0) is 34.6. The highest BCUT2D eigenvalue weighted by Gasteiger charge is 2.61. The van der Waals surface area contributed by atoms with Crippen LogP contribution in [0.15, 0.2) is 36.4 Å². The number of aliphatic carboxylic acids is 1. The summed E-state index contributed by atoms with van der Waals surface area (Å²) < 4.78 is 11.4. The van der Waals surface area contributed by atoms with Gasteiger partial charge in [-0.15, -0.1) is 0 Å². The molecule has 48 heavy (non-hydrogen) atoms. The zero-order valence-corrected chi connectivity index (χ0v) is 28.5. The number of hydrogen-bond acceptors (Lipinski definition) is 7. The Hall–Kier alpha value is -4.09. The van der Waals surface area contributed by atoms with Crippen molar-refractivity contribution in [3.05, 3.63) is 47.5 Å². The molecule has 0 radical (unpaired) electrons. The number of allylic oxidation sites excluding steroid dienone is 1. The van der Waals surface area contributed by atoms with Crippen LogP contribution < -0.4 is 10.6 Å². The Balaban J connectivity index is 1.38. The Morgan fingerprint density at radius 1 is 1.04 bits per heavy atom. The molecule has 3 heterocycles. The minimum Gasteiger partial charge on any atom is -0.479 e. The molecule has 3 N–H and O–H groups in total. The summed E-state index contributed by atoms with van der Waals surface area (Å²) in [6.45, 7) is 8.03. The average molecular weight is 667 g/mol. The monoisotopic (exact) mass is 666 g/mol. The first-order valence-electron chi connectivity index (χ1n) is 17.3. The van der Waals surface area contributed by atoms with Crippen LogP contribution in [0.2, 0.25) is 0 Å². The number of carboxylic acid groups (broad SMARTS) is 1. The lowest BCUT2D eigenvalue weighted by Gasteiger charge is -2.33. The van der Waals surface area contributed by atoms with Crippen LogP contribution in [-0.4, -0.2) is 87.3 Å². The number of benzene rings is 1. The molecule has 4 amide bonds. The van der Waals surface area contributed by atoms with E-state index < -0.39 is 59.3 Å². The molecule has 0 bridgehead atoms. The van der Waals surface area contributed by atoms with Gasteiger partial charge in [0.15, 0.2) is 0 Å². The van der Waals surface area contributed by atoms with E-state index in [0.29, 0.717) is 25.9 Å². The molecular formula is C36H50N4O8. The van der Waals surface area contributed by atoms with E-state index in [1.807, 2.05) is 37.3 Å². The topological polar surface area (TPSA) is 155 Å². The lowest BCUT2D eigenvalue weighted by atomic mass is 9.91. The first-order chi connectivity index (χ1) is 22.8. The summed E-state index contributed by atoms with van der Waals surface area (Å²) in [5.74, 6) is -2.51. The molecule has 1 unspecified atom stereocenters. The molecule has 12 nitrogen and oxygen atoms in total. The Kier molecular flexibility index (Phi) is 10.7. The van der Waals surface area contributed by atoms with Crippen molar-refractivity contribution < 1.29 is 38.6 Å². The van der Waals surface area contributed by atoms with Crippen LogP contribution in [0.5, 0.6) is 0 Å². The number of nitrogens with zero attached hydrogens (tertiary/aromatic N) is 2. The van der Waals surface area contributed by atoms with Crippen LogP contribution in [0.1, 0.15) is 103 Å². The molecule has 262 valence electrons. The highest BCUT2D eigenvalue weighted by Crippen LogP contribution is 2.45. The molecule has 1 aromatic carbocycles. The number of hydrogen-bond donors (Lipinski definition) is 3. The molecule has 2 fully saturated rings. The summed E-state index contributed by atoms with van der Waals surface area (Å²) in [7, 11) is 0. The largest absolute Gasteiger partial charge is 0.479 e. The van der Waals surface area contributed by atoms with Gasteiger partial charge in [-0.25, -0.2) is 14.4 Å². The number of fused-ring (bicyclic) bond motifs is 3. The van der Waals surface area contributed by atoms with Gasteiger partial charge in [0.1, 0.15) is 29.3 Å². The fraction of sp³-hybridized carbons (Fsp3) is 0.639. The van der Waals surface area contributed by atoms with E-state index in [1.54, 1.807) is 25.7 Å². The number of rotatable bonds is 3. The Bertz CT molecular complexity index is 1420. The van der Waals surface area contributed by atoms with Crippen LogP contribution in [0.25, 0.3) is 0 Å². The predicted octanol–water partition coefficient (Wildman–Crippen LogP) is 4.87. The van der Waals surface area contributed by atoms with E-state index in [4.69, 9.17) is 9.47 Å². The molecule has 1 aliphatic carbocycles. The summed E-state index contributed by atoms with van der Waals surface area (Å²) in [5.41, 5.74) is -0.0233. The second-order valence-corrected chi connectivity index (χ2v) is 14.8. The van der Waals surface area contributed by atoms with Crippen molar-refractivity contribution in [2.75, 3.05) is 13.1 Å². The van der Waals surface area contributed by atoms with Crippen molar-refractivity contribution in [2.45, 2.75) is 127 Å². The van der Waals surface area contributed by atoms with Gasteiger partial charge in [-0.05, 0) is 63.5 Å². The van der Waals surface area contributed by atoms with Gasteiger partial charge in [0.25, 0.3) is 0 Å². The SMILES string of the molecule is CC1CN(C(=O)O[C@@H]2C[C@H]3C(=O)N[C@]4(C(=O)O)C[C@@H]4/C=C\CCCCCCC[C@H](NC(=O)OC(C)(C)C)C(=O)N3C2)Cc2ccccc21. The summed E-state index contributed by atoms with van der Waals surface area (Å²) in [5, 5.41) is 15.6. The van der Waals surface area contributed by atoms with Crippen molar-refractivity contribution in [1.29, 1.82) is 0 Å². The van der Waals surface area contributed by atoms with E-state index in [1.165, 1.54) is 10.5 Å². The van der Waals surface area contributed by atoms with Crippen LogP contribution in [0.4, 0.5) is 9.59 Å². The average Bonchev–Trinajstić information content (AvgIpc) is 3.55. The summed E-state index contributed by atoms with van der Waals surface area (Å²) >= 11 is 0. The molecule has 5 rings (SSSR count). The van der Waals surface area contributed by atoms with Crippen LogP contribution in [0.3, 0.4) is 0 Å². The van der Waals surface area contributed by atoms with Crippen molar-refractivity contribution in [1.82, 2.24) is 20.4 Å². The molecule has 0 spiro atoms. The highest BCUT2D eigenvalue weighted by atomic mass is 16.6. The summed E-state index contributed by atoms with van der Waals surface area (Å²) in [4.78, 5) is 69.9. The van der Waals surface area contributed by atoms with Crippen molar-refractivity contribution in [3.63, 3.8) is 0 Å². The summed E-state index contributed by atoms with van der Waals surface area (Å²) in [6.07, 6.45) is 7.57. The third kappa shape index (κ3) is 8.30. The number of carbonyl (C=O) groups excluding carboxylic acids is 4. The quantitative estimate of drug-likeness (QED) is 0.387. The maximum atomic E-state index is 14.2. The molecule has 12 heteroatoms. The molecule has 4 aliphatic rings. The zero-order valence-electron chi connectivity index (χ0n) is 28.5. The minimum atomic E-state index is -1.46. The number of alkyl carbamates (subject to hydrolysis) is 1. The first kappa shape index (κ1) is 35.2. The molecule has 3 aliphatic heterocycles. The number of amides is 4. The van der Waals surface area contributed by atoms with Crippen LogP contribution >= 0.6 is 0 Å². The van der Waals surface area contributed by atoms with Gasteiger partial charge >= 0.3 is 18.2 Å². The standard InChI is InChI=1S/C36H50N4O8/c1-23-20-39(21-24-14-12-13-16-27(23)24)34(46)47-26-18-29-30(41)38-36(32(43)44)19-25(36)15-10-8-6-5-7-9-11-17-28(31(42)40(29)22-26)37-33(45)48-35(2,3)4/h10,12-16,23,25-26,28-29H,5-9,11,17-22H2,1-4H3,(H,37,45)(H,38,41)(H,43,44)/b15-10-/t23?,25-,26+,28-,29-,36+/m0/s1. The fourth-order valence-electron chi connectivity index (χ4n) is 7.16. The third-order valence-corrected chi connectivity index (χ3v) is 9.78. The molecule has 6 atom stereocenters. The van der Waals surface area contributed by atoms with E-state index in [-0.39, 0.29) is 31.2 Å². The molecule has 1 saturated heterocycles. The van der Waals surface area contributed by atoms with Crippen molar-refractivity contribution >= 4 is 30.0 Å². The van der Waals surface area contributed by atoms with E-state index in [2.05, 4.69) is 16.7 Å². The van der Waals surface area contributed by atoms with E-state index in [0.717, 1.165) is 37.7 Å². The van der Waals surface area contributed by atoms with Crippen molar-refractivity contribution in [2.24, 2.45) is 5.92 Å². The lowest BCUT2D eigenvalue weighted by molar-refractivity contribution is -0.145. The normalized spacial score (nSPS) is 30.5. The van der Waals surface area contributed by atoms with E-state index in [9.17, 15) is 29.1 Å². The Morgan fingerprint density at radius 2 is 1.77 bits per heavy atom. The van der Waals surface area contributed by atoms with Gasteiger partial charge < -0.3 is 35.0 Å². The van der Waals surface area contributed by atoms with Crippen molar-refractivity contribution in [3.8, 4) is 0 Å². The van der Waals surface area contributed by atoms with Gasteiger partial charge in [0, 0.05) is 25.4 Å². The smallest absolute Gasteiger partial charge is 0.410 e. The van der Waals surface area contributed by atoms with Crippen LogP contribution in [-0.2, 0) is 30.4 Å². The second-order valence-electron chi connectivity index (χ2n) is 14.8. The van der Waals surface area contributed by atoms with Gasteiger partial charge in [-0.3, -0.25) is 9.59 Å². The number of carboxylic acids is 1. The first-order valence-corrected chi connectivity index (χ1v) is 17.3. The second kappa shape index (κ2) is 14.6. The lowest BCUT2D eigenvalue weighted by Crippen LogP contribution is -2.56. The number of ether oxygens (including phenoxy) is 2. The molecule has 1 saturated carbocycles. The maximum Gasteiger partial charge on any atom is 0.410 e. The molecule has 1 aromatic rings. The van der Waals surface area contributed by atoms with Gasteiger partial charge in [0.2, 0.25) is 11.8 Å².